The molecule has 1 heterocycles. The van der Waals surface area contributed by atoms with Gasteiger partial charge in [0.25, 0.3) is 21.5 Å². The maximum atomic E-state index is 13.1. The van der Waals surface area contributed by atoms with E-state index in [1.54, 1.807) is 66.7 Å². The van der Waals surface area contributed by atoms with Gasteiger partial charge in [-0.15, -0.1) is 0 Å². The Labute approximate surface area is 184 Å². The average Bonchev–Trinajstić information content (AvgIpc) is 2.81. The zero-order valence-corrected chi connectivity index (χ0v) is 18.2. The minimum atomic E-state index is -3.84. The van der Waals surface area contributed by atoms with Gasteiger partial charge >= 0.3 is 0 Å². The number of carbonyl (C=O) groups excluding carboxylic acids is 1. The first-order valence-electron chi connectivity index (χ1n) is 9.70. The van der Waals surface area contributed by atoms with Crippen LogP contribution in [-0.4, -0.2) is 31.2 Å². The molecule has 0 atom stereocenters. The van der Waals surface area contributed by atoms with E-state index in [0.29, 0.717) is 16.5 Å². The molecule has 162 valence electrons. The number of anilines is 2. The van der Waals surface area contributed by atoms with E-state index in [1.807, 2.05) is 0 Å². The molecule has 4 rings (SSSR count). The molecule has 0 spiro atoms. The van der Waals surface area contributed by atoms with Crippen molar-refractivity contribution >= 4 is 38.1 Å². The zero-order chi connectivity index (χ0) is 22.9. The molecule has 0 aliphatic carbocycles. The van der Waals surface area contributed by atoms with E-state index < -0.39 is 15.9 Å². The van der Waals surface area contributed by atoms with Crippen LogP contribution in [0.4, 0.5) is 11.4 Å². The van der Waals surface area contributed by atoms with Crippen LogP contribution >= 0.6 is 0 Å². The summed E-state index contributed by atoms with van der Waals surface area (Å²) in [6.07, 6.45) is 0. The number of sulfonamides is 1. The molecule has 1 N–H and O–H groups in total. The lowest BCUT2D eigenvalue weighted by Gasteiger charge is -2.20. The molecule has 0 unspecified atom stereocenters. The highest BCUT2D eigenvalue weighted by Gasteiger charge is 2.22. The van der Waals surface area contributed by atoms with Crippen molar-refractivity contribution in [3.8, 4) is 0 Å². The lowest BCUT2D eigenvalue weighted by molar-refractivity contribution is 0.102. The van der Waals surface area contributed by atoms with Crippen LogP contribution in [0.15, 0.2) is 88.6 Å². The van der Waals surface area contributed by atoms with Crippen molar-refractivity contribution in [2.45, 2.75) is 4.90 Å². The van der Waals surface area contributed by atoms with E-state index in [0.717, 1.165) is 4.68 Å². The van der Waals surface area contributed by atoms with Crippen molar-refractivity contribution in [3.63, 3.8) is 0 Å². The van der Waals surface area contributed by atoms with Crippen molar-refractivity contribution in [2.24, 2.45) is 7.05 Å². The van der Waals surface area contributed by atoms with Crippen LogP contribution in [0.2, 0.25) is 0 Å². The number of aromatic nitrogens is 2. The molecule has 9 heteroatoms. The number of nitrogens with one attached hydrogen (secondary N) is 1. The van der Waals surface area contributed by atoms with E-state index in [4.69, 9.17) is 0 Å². The Morgan fingerprint density at radius 1 is 0.938 bits per heavy atom. The summed E-state index contributed by atoms with van der Waals surface area (Å²) in [4.78, 5) is 25.3. The predicted molar refractivity (Wildman–Crippen MR) is 123 cm³/mol. The summed E-state index contributed by atoms with van der Waals surface area (Å²) >= 11 is 0. The number of rotatable bonds is 5. The van der Waals surface area contributed by atoms with Crippen LogP contribution in [0.3, 0.4) is 0 Å². The van der Waals surface area contributed by atoms with E-state index in [2.05, 4.69) is 10.4 Å². The number of benzene rings is 3. The summed E-state index contributed by atoms with van der Waals surface area (Å²) in [6, 6.07) is 21.4. The molecular weight excluding hydrogens is 428 g/mol. The number of nitrogens with zero attached hydrogens (tertiary/aromatic N) is 3. The van der Waals surface area contributed by atoms with Crippen LogP contribution in [0, 0.1) is 0 Å². The summed E-state index contributed by atoms with van der Waals surface area (Å²) < 4.78 is 28.4. The van der Waals surface area contributed by atoms with Crippen LogP contribution in [0.25, 0.3) is 10.8 Å². The minimum absolute atomic E-state index is 0.0277. The lowest BCUT2D eigenvalue weighted by atomic mass is 10.1. The number of para-hydroxylation sites is 1. The second kappa shape index (κ2) is 8.27. The number of hydrogen-bond donors (Lipinski definition) is 1. The van der Waals surface area contributed by atoms with Gasteiger partial charge in [0.2, 0.25) is 0 Å². The van der Waals surface area contributed by atoms with Crippen molar-refractivity contribution in [1.29, 1.82) is 0 Å². The highest BCUT2D eigenvalue weighted by molar-refractivity contribution is 7.92. The zero-order valence-electron chi connectivity index (χ0n) is 17.4. The molecule has 8 nitrogen and oxygen atoms in total. The van der Waals surface area contributed by atoms with Crippen LogP contribution in [-0.2, 0) is 17.1 Å². The van der Waals surface area contributed by atoms with Gasteiger partial charge in [0.1, 0.15) is 0 Å². The fourth-order valence-corrected chi connectivity index (χ4v) is 4.57. The van der Waals surface area contributed by atoms with Gasteiger partial charge in [0.05, 0.1) is 16.0 Å². The monoisotopic (exact) mass is 448 g/mol. The normalized spacial score (nSPS) is 11.3. The van der Waals surface area contributed by atoms with Crippen molar-refractivity contribution in [1.82, 2.24) is 9.78 Å². The van der Waals surface area contributed by atoms with Crippen molar-refractivity contribution < 1.29 is 13.2 Å². The Morgan fingerprint density at radius 3 is 2.31 bits per heavy atom. The number of fused-ring (bicyclic) bond motifs is 1. The predicted octanol–water partition coefficient (Wildman–Crippen LogP) is 3.01. The van der Waals surface area contributed by atoms with Gasteiger partial charge in [-0.1, -0.05) is 42.5 Å². The fourth-order valence-electron chi connectivity index (χ4n) is 3.33. The van der Waals surface area contributed by atoms with Gasteiger partial charge in [-0.3, -0.25) is 13.9 Å². The fraction of sp³-hybridized carbons (Fsp3) is 0.0870. The summed E-state index contributed by atoms with van der Waals surface area (Å²) in [5, 5.41) is 7.58. The Morgan fingerprint density at radius 2 is 1.59 bits per heavy atom. The SMILES string of the molecule is CN(c1ccccc1)S(=O)(=O)c1cccc(NC(=O)c2nn(C)c(=O)c3ccccc23)c1. The third-order valence-corrected chi connectivity index (χ3v) is 6.82. The largest absolute Gasteiger partial charge is 0.321 e. The average molecular weight is 449 g/mol. The number of aryl methyl sites for hydroxylation is 1. The van der Waals surface area contributed by atoms with E-state index >= 15 is 0 Å². The Hall–Kier alpha value is -3.98. The number of hydrogen-bond acceptors (Lipinski definition) is 5. The first-order chi connectivity index (χ1) is 15.3. The molecule has 32 heavy (non-hydrogen) atoms. The summed E-state index contributed by atoms with van der Waals surface area (Å²) in [6.45, 7) is 0. The topological polar surface area (TPSA) is 101 Å². The quantitative estimate of drug-likeness (QED) is 0.506. The smallest absolute Gasteiger partial charge is 0.276 e. The minimum Gasteiger partial charge on any atom is -0.321 e. The molecule has 0 radical (unpaired) electrons. The molecule has 0 aliphatic rings. The first kappa shape index (κ1) is 21.3. The molecule has 0 fully saturated rings. The summed E-state index contributed by atoms with van der Waals surface area (Å²) in [5.41, 5.74) is 0.562. The highest BCUT2D eigenvalue weighted by atomic mass is 32.2. The number of amides is 1. The maximum absolute atomic E-state index is 13.1. The Bertz CT molecular complexity index is 1480. The molecule has 0 saturated heterocycles. The second-order valence-electron chi connectivity index (χ2n) is 7.11. The number of carbonyl (C=O) groups is 1. The van der Waals surface area contributed by atoms with Crippen molar-refractivity contribution in [3.05, 3.63) is 94.9 Å². The van der Waals surface area contributed by atoms with E-state index in [-0.39, 0.29) is 21.8 Å². The third kappa shape index (κ3) is 3.85. The molecule has 0 aliphatic heterocycles. The lowest BCUT2D eigenvalue weighted by Crippen LogP contribution is -2.27. The van der Waals surface area contributed by atoms with E-state index in [1.165, 1.54) is 30.5 Å². The van der Waals surface area contributed by atoms with Gasteiger partial charge in [-0.25, -0.2) is 13.1 Å². The second-order valence-corrected chi connectivity index (χ2v) is 9.08. The van der Waals surface area contributed by atoms with Gasteiger partial charge in [-0.05, 0) is 36.4 Å². The van der Waals surface area contributed by atoms with Crippen LogP contribution < -0.4 is 15.2 Å². The third-order valence-electron chi connectivity index (χ3n) is 5.04. The highest BCUT2D eigenvalue weighted by Crippen LogP contribution is 2.24. The Kier molecular flexibility index (Phi) is 5.50. The molecule has 4 aromatic rings. The van der Waals surface area contributed by atoms with Gasteiger partial charge in [0, 0.05) is 25.2 Å². The summed E-state index contributed by atoms with van der Waals surface area (Å²) in [5.74, 6) is -0.553. The molecule has 1 aromatic heterocycles. The van der Waals surface area contributed by atoms with Gasteiger partial charge in [0.15, 0.2) is 5.69 Å². The standard InChI is InChI=1S/C23H20N4O4S/c1-26-23(29)20-14-7-6-13-19(20)21(25-26)22(28)24-16-9-8-12-18(15-16)32(30,31)27(2)17-10-4-3-5-11-17/h3-15H,1-2H3,(H,24,28). The molecule has 0 saturated carbocycles. The maximum Gasteiger partial charge on any atom is 0.276 e. The molecular formula is C23H20N4O4S. The van der Waals surface area contributed by atoms with Crippen LogP contribution in [0.1, 0.15) is 10.5 Å². The summed E-state index contributed by atoms with van der Waals surface area (Å²) in [7, 11) is -0.902. The van der Waals surface area contributed by atoms with Crippen molar-refractivity contribution in [2.75, 3.05) is 16.7 Å². The molecule has 1 amide bonds. The molecule has 0 bridgehead atoms. The van der Waals surface area contributed by atoms with Gasteiger partial charge < -0.3 is 5.32 Å². The van der Waals surface area contributed by atoms with E-state index in [9.17, 15) is 18.0 Å². The molecule has 3 aromatic carbocycles. The Balaban J connectivity index is 1.67. The first-order valence-corrected chi connectivity index (χ1v) is 11.1. The van der Waals surface area contributed by atoms with Crippen LogP contribution in [0.5, 0.6) is 0 Å². The van der Waals surface area contributed by atoms with Gasteiger partial charge in [-0.2, -0.15) is 5.10 Å².